The minimum atomic E-state index is -4.51. The number of alkyl halides is 3. The SMILES string of the molecule is CC(C)CN(Cc1cnc(S(=O)(=O)Cc2ccccc2Cl)n1C(C)C)C(=O)c1ccc(C(F)(F)F)cc1. The number of sulfone groups is 1. The lowest BCUT2D eigenvalue weighted by Crippen LogP contribution is -2.34. The van der Waals surface area contributed by atoms with E-state index < -0.39 is 27.5 Å². The lowest BCUT2D eigenvalue weighted by Gasteiger charge is -2.26. The summed E-state index contributed by atoms with van der Waals surface area (Å²) in [6.45, 7) is 7.78. The summed E-state index contributed by atoms with van der Waals surface area (Å²) in [4.78, 5) is 19.0. The van der Waals surface area contributed by atoms with Crippen molar-refractivity contribution in [2.75, 3.05) is 6.54 Å². The average Bonchev–Trinajstić information content (AvgIpc) is 3.24. The van der Waals surface area contributed by atoms with Crippen LogP contribution in [0.1, 0.15) is 60.9 Å². The molecular weight excluding hydrogens is 527 g/mol. The number of benzene rings is 2. The molecule has 0 fully saturated rings. The first-order chi connectivity index (χ1) is 17.2. The first-order valence-electron chi connectivity index (χ1n) is 11.7. The summed E-state index contributed by atoms with van der Waals surface area (Å²) in [7, 11) is -3.88. The molecule has 0 radical (unpaired) electrons. The molecule has 37 heavy (non-hydrogen) atoms. The third-order valence-electron chi connectivity index (χ3n) is 5.62. The van der Waals surface area contributed by atoms with E-state index in [1.54, 1.807) is 28.8 Å². The van der Waals surface area contributed by atoms with E-state index in [4.69, 9.17) is 11.6 Å². The largest absolute Gasteiger partial charge is 0.416 e. The number of aromatic nitrogens is 2. The Morgan fingerprint density at radius 1 is 1.05 bits per heavy atom. The molecule has 0 aliphatic rings. The summed E-state index contributed by atoms with van der Waals surface area (Å²) in [5.41, 5.74) is 0.207. The first-order valence-corrected chi connectivity index (χ1v) is 13.7. The van der Waals surface area contributed by atoms with Crippen LogP contribution in [0.25, 0.3) is 0 Å². The van der Waals surface area contributed by atoms with Gasteiger partial charge in [-0.25, -0.2) is 13.4 Å². The molecule has 11 heteroatoms. The van der Waals surface area contributed by atoms with E-state index in [2.05, 4.69) is 4.98 Å². The van der Waals surface area contributed by atoms with Gasteiger partial charge in [0.05, 0.1) is 29.8 Å². The fourth-order valence-electron chi connectivity index (χ4n) is 4.00. The Balaban J connectivity index is 1.95. The molecule has 0 spiro atoms. The molecule has 0 unspecified atom stereocenters. The molecule has 0 aliphatic carbocycles. The fraction of sp³-hybridized carbons (Fsp3) is 0.385. The summed E-state index contributed by atoms with van der Waals surface area (Å²) in [5, 5.41) is 0.197. The fourth-order valence-corrected chi connectivity index (χ4v) is 5.91. The van der Waals surface area contributed by atoms with E-state index in [0.717, 1.165) is 24.3 Å². The average molecular weight is 556 g/mol. The highest BCUT2D eigenvalue weighted by molar-refractivity contribution is 7.90. The van der Waals surface area contributed by atoms with Crippen molar-refractivity contribution in [2.24, 2.45) is 5.92 Å². The third kappa shape index (κ3) is 6.93. The van der Waals surface area contributed by atoms with Gasteiger partial charge in [0.25, 0.3) is 5.91 Å². The van der Waals surface area contributed by atoms with Gasteiger partial charge in [-0.3, -0.25) is 4.79 Å². The van der Waals surface area contributed by atoms with Crippen LogP contribution < -0.4 is 0 Å². The molecule has 6 nitrogen and oxygen atoms in total. The molecule has 3 rings (SSSR count). The summed E-state index contributed by atoms with van der Waals surface area (Å²) < 4.78 is 67.1. The third-order valence-corrected chi connectivity index (χ3v) is 7.54. The van der Waals surface area contributed by atoms with Gasteiger partial charge in [-0.05, 0) is 55.7 Å². The van der Waals surface area contributed by atoms with Crippen molar-refractivity contribution in [3.63, 3.8) is 0 Å². The predicted octanol–water partition coefficient (Wildman–Crippen LogP) is 6.41. The van der Waals surface area contributed by atoms with Gasteiger partial charge in [-0.1, -0.05) is 43.6 Å². The lowest BCUT2D eigenvalue weighted by atomic mass is 10.1. The van der Waals surface area contributed by atoms with Crippen LogP contribution in [0.15, 0.2) is 59.9 Å². The van der Waals surface area contributed by atoms with Gasteiger partial charge in [-0.15, -0.1) is 0 Å². The highest BCUT2D eigenvalue weighted by Gasteiger charge is 2.31. The Hall–Kier alpha value is -2.85. The van der Waals surface area contributed by atoms with Gasteiger partial charge in [0.1, 0.15) is 0 Å². The van der Waals surface area contributed by atoms with E-state index in [-0.39, 0.29) is 35.0 Å². The Morgan fingerprint density at radius 3 is 2.22 bits per heavy atom. The zero-order valence-corrected chi connectivity index (χ0v) is 22.5. The predicted molar refractivity (Wildman–Crippen MR) is 136 cm³/mol. The molecule has 2 aromatic carbocycles. The summed E-state index contributed by atoms with van der Waals surface area (Å²) in [6.07, 6.45) is -3.08. The number of amides is 1. The number of carbonyl (C=O) groups is 1. The van der Waals surface area contributed by atoms with E-state index >= 15 is 0 Å². The van der Waals surface area contributed by atoms with Gasteiger partial charge < -0.3 is 9.47 Å². The topological polar surface area (TPSA) is 72.3 Å². The molecule has 0 aliphatic heterocycles. The smallest absolute Gasteiger partial charge is 0.333 e. The number of halogens is 4. The first kappa shape index (κ1) is 28.7. The molecule has 200 valence electrons. The molecule has 0 saturated heterocycles. The Kier molecular flexibility index (Phi) is 8.74. The van der Waals surface area contributed by atoms with E-state index in [0.29, 0.717) is 22.8 Å². The maximum Gasteiger partial charge on any atom is 0.416 e. The minimum absolute atomic E-state index is 0.0326. The van der Waals surface area contributed by atoms with Crippen LogP contribution >= 0.6 is 11.6 Å². The van der Waals surface area contributed by atoms with Crippen LogP contribution in [-0.4, -0.2) is 35.3 Å². The Labute approximate surface area is 220 Å². The highest BCUT2D eigenvalue weighted by Crippen LogP contribution is 2.30. The Morgan fingerprint density at radius 2 is 1.68 bits per heavy atom. The van der Waals surface area contributed by atoms with Crippen LogP contribution in [0.5, 0.6) is 0 Å². The lowest BCUT2D eigenvalue weighted by molar-refractivity contribution is -0.137. The summed E-state index contributed by atoms with van der Waals surface area (Å²) in [5.74, 6) is -0.743. The number of imidazole rings is 1. The zero-order chi connectivity index (χ0) is 27.5. The van der Waals surface area contributed by atoms with Crippen molar-refractivity contribution < 1.29 is 26.4 Å². The molecule has 0 N–H and O–H groups in total. The summed E-state index contributed by atoms with van der Waals surface area (Å²) in [6, 6.07) is 10.4. The zero-order valence-electron chi connectivity index (χ0n) is 21.0. The second kappa shape index (κ2) is 11.3. The number of hydrogen-bond acceptors (Lipinski definition) is 4. The Bertz CT molecular complexity index is 1350. The van der Waals surface area contributed by atoms with Gasteiger partial charge >= 0.3 is 6.18 Å². The maximum absolute atomic E-state index is 13.3. The van der Waals surface area contributed by atoms with Gasteiger partial charge in [0.2, 0.25) is 15.0 Å². The van der Waals surface area contributed by atoms with Crippen molar-refractivity contribution in [3.05, 3.63) is 82.1 Å². The molecule has 1 heterocycles. The number of rotatable bonds is 9. The van der Waals surface area contributed by atoms with Gasteiger partial charge in [0, 0.05) is 23.2 Å². The van der Waals surface area contributed by atoms with Crippen LogP contribution in [0.3, 0.4) is 0 Å². The van der Waals surface area contributed by atoms with Crippen LogP contribution in [-0.2, 0) is 28.3 Å². The van der Waals surface area contributed by atoms with Gasteiger partial charge in [0.15, 0.2) is 0 Å². The second-order valence-corrected chi connectivity index (χ2v) is 11.8. The second-order valence-electron chi connectivity index (χ2n) is 9.50. The van der Waals surface area contributed by atoms with Crippen molar-refractivity contribution in [2.45, 2.75) is 57.4 Å². The number of nitrogens with zero attached hydrogens (tertiary/aromatic N) is 3. The van der Waals surface area contributed by atoms with Crippen molar-refractivity contribution >= 4 is 27.3 Å². The van der Waals surface area contributed by atoms with Gasteiger partial charge in [-0.2, -0.15) is 13.2 Å². The van der Waals surface area contributed by atoms with Crippen molar-refractivity contribution in [3.8, 4) is 0 Å². The van der Waals surface area contributed by atoms with E-state index in [1.165, 1.54) is 11.1 Å². The molecule has 3 aromatic rings. The number of carbonyl (C=O) groups excluding carboxylic acids is 1. The molecular formula is C26H29ClF3N3O3S. The minimum Gasteiger partial charge on any atom is -0.333 e. The quantitative estimate of drug-likeness (QED) is 0.306. The monoisotopic (exact) mass is 555 g/mol. The highest BCUT2D eigenvalue weighted by atomic mass is 35.5. The van der Waals surface area contributed by atoms with E-state index in [9.17, 15) is 26.4 Å². The molecule has 0 saturated carbocycles. The summed E-state index contributed by atoms with van der Waals surface area (Å²) >= 11 is 6.17. The van der Waals surface area contributed by atoms with Crippen molar-refractivity contribution in [1.29, 1.82) is 0 Å². The molecule has 1 amide bonds. The maximum atomic E-state index is 13.3. The molecule has 0 atom stereocenters. The van der Waals surface area contributed by atoms with Crippen LogP contribution in [0.2, 0.25) is 5.02 Å². The molecule has 0 bridgehead atoms. The standard InChI is InChI=1S/C26H29ClF3N3O3S/c1-17(2)14-32(24(34)19-9-11-21(12-10-19)26(28,29)30)15-22-13-31-25(33(22)18(3)4)37(35,36)16-20-7-5-6-8-23(20)27/h5-13,17-18H,14-16H2,1-4H3. The van der Waals surface area contributed by atoms with E-state index in [1.807, 2.05) is 27.7 Å². The number of hydrogen-bond donors (Lipinski definition) is 0. The van der Waals surface area contributed by atoms with Crippen molar-refractivity contribution in [1.82, 2.24) is 14.5 Å². The normalized spacial score (nSPS) is 12.4. The van der Waals surface area contributed by atoms with Crippen LogP contribution in [0.4, 0.5) is 13.2 Å². The van der Waals surface area contributed by atoms with Crippen LogP contribution in [0, 0.1) is 5.92 Å². The molecule has 1 aromatic heterocycles.